The van der Waals surface area contributed by atoms with Gasteiger partial charge in [-0.15, -0.1) is 11.8 Å². The fourth-order valence-electron chi connectivity index (χ4n) is 1.61. The molecule has 1 aromatic carbocycles. The van der Waals surface area contributed by atoms with Crippen molar-refractivity contribution in [3.05, 3.63) is 53.1 Å². The number of rotatable bonds is 5. The third-order valence-electron chi connectivity index (χ3n) is 2.50. The van der Waals surface area contributed by atoms with Gasteiger partial charge in [-0.1, -0.05) is 11.6 Å². The molecular formula is C14H16ClN3S. The monoisotopic (exact) mass is 293 g/mol. The molecule has 0 amide bonds. The van der Waals surface area contributed by atoms with Crippen LogP contribution in [0.4, 0.5) is 0 Å². The number of hydrogen-bond donors (Lipinski definition) is 1. The molecule has 0 radical (unpaired) electrons. The molecule has 0 aliphatic rings. The Morgan fingerprint density at radius 2 is 1.84 bits per heavy atom. The van der Waals surface area contributed by atoms with E-state index < -0.39 is 0 Å². The van der Waals surface area contributed by atoms with E-state index >= 15 is 0 Å². The molecule has 3 nitrogen and oxygen atoms in total. The number of nitrogens with two attached hydrogens (primary N) is 1. The first kappa shape index (κ1) is 14.3. The van der Waals surface area contributed by atoms with Crippen LogP contribution in [0, 0.1) is 0 Å². The molecule has 100 valence electrons. The van der Waals surface area contributed by atoms with E-state index in [2.05, 4.69) is 9.97 Å². The largest absolute Gasteiger partial charge is 0.328 e. The van der Waals surface area contributed by atoms with Crippen molar-refractivity contribution in [2.24, 2.45) is 5.73 Å². The third-order valence-corrected chi connectivity index (χ3v) is 3.76. The lowest BCUT2D eigenvalue weighted by atomic mass is 10.1. The van der Waals surface area contributed by atoms with Crippen LogP contribution in [0.25, 0.3) is 0 Å². The molecule has 1 atom stereocenters. The average molecular weight is 294 g/mol. The molecule has 0 spiro atoms. The Labute approximate surface area is 122 Å². The molecule has 1 unspecified atom stereocenters. The van der Waals surface area contributed by atoms with E-state index in [1.807, 2.05) is 43.6 Å². The molecule has 0 aliphatic carbocycles. The lowest BCUT2D eigenvalue weighted by Crippen LogP contribution is -2.18. The smallest absolute Gasteiger partial charge is 0.138 e. The molecule has 2 N–H and O–H groups in total. The van der Waals surface area contributed by atoms with Crippen LogP contribution in [-0.2, 0) is 12.2 Å². The van der Waals surface area contributed by atoms with Gasteiger partial charge in [0.05, 0.1) is 5.75 Å². The average Bonchev–Trinajstić information content (AvgIpc) is 2.39. The first-order valence-electron chi connectivity index (χ1n) is 6.07. The number of hydrogen-bond acceptors (Lipinski definition) is 4. The van der Waals surface area contributed by atoms with Crippen molar-refractivity contribution in [2.45, 2.75) is 30.0 Å². The van der Waals surface area contributed by atoms with Gasteiger partial charge in [0, 0.05) is 28.4 Å². The Morgan fingerprint density at radius 3 is 2.42 bits per heavy atom. The van der Waals surface area contributed by atoms with Crippen molar-refractivity contribution in [2.75, 3.05) is 0 Å². The van der Waals surface area contributed by atoms with Crippen molar-refractivity contribution < 1.29 is 0 Å². The topological polar surface area (TPSA) is 51.8 Å². The number of thioether (sulfide) groups is 1. The van der Waals surface area contributed by atoms with Crippen molar-refractivity contribution in [3.63, 3.8) is 0 Å². The maximum absolute atomic E-state index is 5.84. The van der Waals surface area contributed by atoms with Gasteiger partial charge in [0.2, 0.25) is 0 Å². The molecule has 1 aromatic heterocycles. The first-order valence-corrected chi connectivity index (χ1v) is 7.43. The number of benzene rings is 1. The van der Waals surface area contributed by atoms with Gasteiger partial charge in [0.15, 0.2) is 0 Å². The van der Waals surface area contributed by atoms with Crippen LogP contribution in [-0.4, -0.2) is 16.0 Å². The summed E-state index contributed by atoms with van der Waals surface area (Å²) in [6.45, 7) is 1.98. The predicted molar refractivity (Wildman–Crippen MR) is 80.4 cm³/mol. The molecule has 0 bridgehead atoms. The molecule has 19 heavy (non-hydrogen) atoms. The highest BCUT2D eigenvalue weighted by molar-refractivity contribution is 7.98. The van der Waals surface area contributed by atoms with Gasteiger partial charge in [-0.2, -0.15) is 0 Å². The Kier molecular flexibility index (Phi) is 5.19. The van der Waals surface area contributed by atoms with Crippen LogP contribution in [0.5, 0.6) is 0 Å². The first-order chi connectivity index (χ1) is 9.13. The molecule has 0 saturated carbocycles. The van der Waals surface area contributed by atoms with Gasteiger partial charge in [-0.3, -0.25) is 0 Å². The SMILES string of the molecule is CC(N)Cc1cnc(CSc2ccc(Cl)cc2)nc1. The van der Waals surface area contributed by atoms with E-state index in [0.29, 0.717) is 0 Å². The van der Waals surface area contributed by atoms with Gasteiger partial charge < -0.3 is 5.73 Å². The molecule has 5 heteroatoms. The van der Waals surface area contributed by atoms with Crippen LogP contribution in [0.15, 0.2) is 41.6 Å². The van der Waals surface area contributed by atoms with E-state index in [-0.39, 0.29) is 6.04 Å². The molecule has 0 aliphatic heterocycles. The summed E-state index contributed by atoms with van der Waals surface area (Å²) in [6.07, 6.45) is 4.52. The van der Waals surface area contributed by atoms with Crippen molar-refractivity contribution in [3.8, 4) is 0 Å². The summed E-state index contributed by atoms with van der Waals surface area (Å²) < 4.78 is 0. The minimum atomic E-state index is 0.137. The zero-order valence-corrected chi connectivity index (χ0v) is 12.3. The van der Waals surface area contributed by atoms with Crippen molar-refractivity contribution in [1.29, 1.82) is 0 Å². The van der Waals surface area contributed by atoms with E-state index in [9.17, 15) is 0 Å². The summed E-state index contributed by atoms with van der Waals surface area (Å²) in [7, 11) is 0. The van der Waals surface area contributed by atoms with Crippen molar-refractivity contribution >= 4 is 23.4 Å². The highest BCUT2D eigenvalue weighted by atomic mass is 35.5. The molecule has 2 rings (SSSR count). The van der Waals surface area contributed by atoms with Gasteiger partial charge in [-0.25, -0.2) is 9.97 Å². The Hall–Kier alpha value is -1.10. The quantitative estimate of drug-likeness (QED) is 0.859. The van der Waals surface area contributed by atoms with Gasteiger partial charge >= 0.3 is 0 Å². The lowest BCUT2D eigenvalue weighted by molar-refractivity contribution is 0.730. The van der Waals surface area contributed by atoms with E-state index in [0.717, 1.165) is 33.5 Å². The highest BCUT2D eigenvalue weighted by Crippen LogP contribution is 2.22. The van der Waals surface area contributed by atoms with Crippen molar-refractivity contribution in [1.82, 2.24) is 9.97 Å². The minimum Gasteiger partial charge on any atom is -0.328 e. The maximum Gasteiger partial charge on any atom is 0.138 e. The van der Waals surface area contributed by atoms with Gasteiger partial charge in [0.1, 0.15) is 5.82 Å². The second-order valence-electron chi connectivity index (χ2n) is 4.43. The van der Waals surface area contributed by atoms with Gasteiger partial charge in [0.25, 0.3) is 0 Å². The van der Waals surface area contributed by atoms with Crippen LogP contribution in [0.1, 0.15) is 18.3 Å². The fraction of sp³-hybridized carbons (Fsp3) is 0.286. The molecule has 0 saturated heterocycles. The van der Waals surface area contributed by atoms with Crippen LogP contribution < -0.4 is 5.73 Å². The van der Waals surface area contributed by atoms with E-state index in [1.165, 1.54) is 0 Å². The summed E-state index contributed by atoms with van der Waals surface area (Å²) in [6, 6.07) is 7.90. The van der Waals surface area contributed by atoms with Crippen LogP contribution >= 0.6 is 23.4 Å². The Morgan fingerprint density at radius 1 is 1.21 bits per heavy atom. The summed E-state index contributed by atoms with van der Waals surface area (Å²) in [5.74, 6) is 1.58. The number of halogens is 1. The summed E-state index contributed by atoms with van der Waals surface area (Å²) in [5, 5.41) is 0.751. The minimum absolute atomic E-state index is 0.137. The van der Waals surface area contributed by atoms with Gasteiger partial charge in [-0.05, 0) is 43.2 Å². The highest BCUT2D eigenvalue weighted by Gasteiger charge is 2.02. The zero-order valence-electron chi connectivity index (χ0n) is 10.7. The van der Waals surface area contributed by atoms with E-state index in [1.54, 1.807) is 11.8 Å². The fourth-order valence-corrected chi connectivity index (χ4v) is 2.51. The van der Waals surface area contributed by atoms with Crippen LogP contribution in [0.2, 0.25) is 5.02 Å². The predicted octanol–water partition coefficient (Wildman–Crippen LogP) is 3.31. The summed E-state index contributed by atoms with van der Waals surface area (Å²) in [4.78, 5) is 9.86. The Bertz CT molecular complexity index is 511. The normalized spacial score (nSPS) is 12.4. The molecular weight excluding hydrogens is 278 g/mol. The van der Waals surface area contributed by atoms with Crippen LogP contribution in [0.3, 0.4) is 0 Å². The molecule has 0 fully saturated rings. The lowest BCUT2D eigenvalue weighted by Gasteiger charge is -2.05. The second kappa shape index (κ2) is 6.89. The second-order valence-corrected chi connectivity index (χ2v) is 5.92. The summed E-state index contributed by atoms with van der Waals surface area (Å²) in [5.41, 5.74) is 6.82. The zero-order chi connectivity index (χ0) is 13.7. The van der Waals surface area contributed by atoms with E-state index in [4.69, 9.17) is 17.3 Å². The standard InChI is InChI=1S/C14H16ClN3S/c1-10(16)6-11-7-17-14(18-8-11)9-19-13-4-2-12(15)3-5-13/h2-5,7-8,10H,6,9,16H2,1H3. The summed E-state index contributed by atoms with van der Waals surface area (Å²) >= 11 is 7.54. The maximum atomic E-state index is 5.84. The Balaban J connectivity index is 1.91. The number of nitrogens with zero attached hydrogens (tertiary/aromatic N) is 2. The molecule has 1 heterocycles. The number of aromatic nitrogens is 2. The third kappa shape index (κ3) is 4.82. The molecule has 2 aromatic rings.